The van der Waals surface area contributed by atoms with Crippen LogP contribution in [-0.2, 0) is 0 Å². The molecule has 0 saturated heterocycles. The largest absolute Gasteiger partial charge is 0.476 e. The number of hydrogen-bond acceptors (Lipinski definition) is 2. The molecule has 2 N–H and O–H groups in total. The van der Waals surface area contributed by atoms with Crippen molar-refractivity contribution in [2.45, 2.75) is 19.8 Å². The summed E-state index contributed by atoms with van der Waals surface area (Å²) < 4.78 is 0. The number of halogens is 2. The Labute approximate surface area is 120 Å². The minimum absolute atomic E-state index is 0.0343. The van der Waals surface area contributed by atoms with Gasteiger partial charge in [0.1, 0.15) is 0 Å². The van der Waals surface area contributed by atoms with Crippen molar-refractivity contribution in [3.63, 3.8) is 0 Å². The highest BCUT2D eigenvalue weighted by molar-refractivity contribution is 6.36. The van der Waals surface area contributed by atoms with E-state index in [1.54, 1.807) is 18.2 Å². The summed E-state index contributed by atoms with van der Waals surface area (Å²) >= 11 is 12.0. The summed E-state index contributed by atoms with van der Waals surface area (Å²) in [7, 11) is 0. The SMILES string of the molecule is CC(C)c1[nH]nc(C(=O)O)c1-c1ccc(Cl)cc1Cl. The number of H-pyrrole nitrogens is 1. The van der Waals surface area contributed by atoms with Gasteiger partial charge in [-0.25, -0.2) is 4.79 Å². The third-order valence-corrected chi connectivity index (χ3v) is 3.32. The van der Waals surface area contributed by atoms with Gasteiger partial charge in [0.05, 0.1) is 5.02 Å². The van der Waals surface area contributed by atoms with Crippen LogP contribution in [0.1, 0.15) is 35.9 Å². The topological polar surface area (TPSA) is 66.0 Å². The Morgan fingerprint density at radius 3 is 2.58 bits per heavy atom. The summed E-state index contributed by atoms with van der Waals surface area (Å²) in [6.45, 7) is 3.90. The van der Waals surface area contributed by atoms with E-state index in [1.165, 1.54) is 0 Å². The fraction of sp³-hybridized carbons (Fsp3) is 0.231. The summed E-state index contributed by atoms with van der Waals surface area (Å²) in [5, 5.41) is 16.8. The lowest BCUT2D eigenvalue weighted by atomic mass is 9.97. The van der Waals surface area contributed by atoms with Crippen LogP contribution in [0.2, 0.25) is 10.0 Å². The van der Waals surface area contributed by atoms with Gasteiger partial charge in [-0.05, 0) is 18.1 Å². The highest BCUT2D eigenvalue weighted by Gasteiger charge is 2.23. The van der Waals surface area contributed by atoms with E-state index < -0.39 is 5.97 Å². The lowest BCUT2D eigenvalue weighted by Crippen LogP contribution is -2.00. The number of carboxylic acids is 1. The molecular weight excluding hydrogens is 287 g/mol. The molecule has 0 fully saturated rings. The molecule has 0 radical (unpaired) electrons. The summed E-state index contributed by atoms with van der Waals surface area (Å²) in [6.07, 6.45) is 0. The number of aromatic carboxylic acids is 1. The first kappa shape index (κ1) is 13.9. The van der Waals surface area contributed by atoms with Gasteiger partial charge in [0.25, 0.3) is 0 Å². The average molecular weight is 299 g/mol. The Kier molecular flexibility index (Phi) is 3.83. The number of benzene rings is 1. The van der Waals surface area contributed by atoms with Crippen LogP contribution in [0.25, 0.3) is 11.1 Å². The predicted molar refractivity (Wildman–Crippen MR) is 75.1 cm³/mol. The second-order valence-corrected chi connectivity index (χ2v) is 5.29. The normalized spacial score (nSPS) is 11.0. The number of carbonyl (C=O) groups is 1. The quantitative estimate of drug-likeness (QED) is 0.892. The monoisotopic (exact) mass is 298 g/mol. The van der Waals surface area contributed by atoms with Crippen LogP contribution in [0.3, 0.4) is 0 Å². The zero-order valence-corrected chi connectivity index (χ0v) is 11.9. The first-order valence-corrected chi connectivity index (χ1v) is 6.44. The van der Waals surface area contributed by atoms with Crippen molar-refractivity contribution in [2.24, 2.45) is 0 Å². The molecule has 0 aliphatic heterocycles. The molecule has 0 spiro atoms. The molecule has 0 bridgehead atoms. The van der Waals surface area contributed by atoms with Crippen LogP contribution < -0.4 is 0 Å². The second kappa shape index (κ2) is 5.23. The molecule has 1 aromatic heterocycles. The summed E-state index contributed by atoms with van der Waals surface area (Å²) in [4.78, 5) is 11.3. The zero-order valence-electron chi connectivity index (χ0n) is 10.4. The molecule has 0 aliphatic rings. The number of hydrogen-bond donors (Lipinski definition) is 2. The fourth-order valence-electron chi connectivity index (χ4n) is 1.89. The predicted octanol–water partition coefficient (Wildman–Crippen LogP) is 4.21. The molecule has 4 nitrogen and oxygen atoms in total. The van der Waals surface area contributed by atoms with Gasteiger partial charge >= 0.3 is 5.97 Å². The number of aromatic amines is 1. The van der Waals surface area contributed by atoms with Gasteiger partial charge in [-0.1, -0.05) is 43.1 Å². The molecule has 100 valence electrons. The number of nitrogens with zero attached hydrogens (tertiary/aromatic N) is 1. The Morgan fingerprint density at radius 2 is 2.05 bits per heavy atom. The molecule has 0 unspecified atom stereocenters. The van der Waals surface area contributed by atoms with E-state index in [0.29, 0.717) is 21.2 Å². The lowest BCUT2D eigenvalue weighted by molar-refractivity contribution is 0.0691. The summed E-state index contributed by atoms with van der Waals surface area (Å²) in [5.74, 6) is -0.994. The van der Waals surface area contributed by atoms with E-state index in [9.17, 15) is 9.90 Å². The Hall–Kier alpha value is -1.52. The van der Waals surface area contributed by atoms with E-state index in [-0.39, 0.29) is 11.6 Å². The van der Waals surface area contributed by atoms with Crippen LogP contribution in [0.4, 0.5) is 0 Å². The van der Waals surface area contributed by atoms with Gasteiger partial charge in [0, 0.05) is 21.8 Å². The minimum Gasteiger partial charge on any atom is -0.476 e. The van der Waals surface area contributed by atoms with E-state index in [0.717, 1.165) is 5.69 Å². The van der Waals surface area contributed by atoms with Gasteiger partial charge in [0.15, 0.2) is 5.69 Å². The Bertz CT molecular complexity index is 636. The summed E-state index contributed by atoms with van der Waals surface area (Å²) in [6, 6.07) is 4.96. The van der Waals surface area contributed by atoms with Gasteiger partial charge in [-0.15, -0.1) is 0 Å². The van der Waals surface area contributed by atoms with Gasteiger partial charge in [-0.3, -0.25) is 5.10 Å². The average Bonchev–Trinajstić information content (AvgIpc) is 2.73. The summed E-state index contributed by atoms with van der Waals surface area (Å²) in [5.41, 5.74) is 1.83. The molecule has 6 heteroatoms. The first-order chi connectivity index (χ1) is 8.91. The molecule has 0 amide bonds. The Balaban J connectivity index is 2.71. The molecule has 0 saturated carbocycles. The van der Waals surface area contributed by atoms with Gasteiger partial charge < -0.3 is 5.11 Å². The molecule has 1 aromatic carbocycles. The van der Waals surface area contributed by atoms with Crippen molar-refractivity contribution in [3.05, 3.63) is 39.6 Å². The number of rotatable bonds is 3. The third kappa shape index (κ3) is 2.60. The van der Waals surface area contributed by atoms with Crippen LogP contribution in [0.5, 0.6) is 0 Å². The Morgan fingerprint density at radius 1 is 1.37 bits per heavy atom. The van der Waals surface area contributed by atoms with Crippen molar-refractivity contribution in [1.29, 1.82) is 0 Å². The molecule has 0 atom stereocenters. The van der Waals surface area contributed by atoms with Crippen LogP contribution >= 0.6 is 23.2 Å². The van der Waals surface area contributed by atoms with E-state index in [4.69, 9.17) is 23.2 Å². The standard InChI is InChI=1S/C13H12Cl2N2O2/c1-6(2)11-10(12(13(18)19)17-16-11)8-4-3-7(14)5-9(8)15/h3-6H,1-2H3,(H,16,17)(H,18,19). The maximum atomic E-state index is 11.3. The molecule has 19 heavy (non-hydrogen) atoms. The lowest BCUT2D eigenvalue weighted by Gasteiger charge is -2.09. The fourth-order valence-corrected chi connectivity index (χ4v) is 2.40. The number of carboxylic acid groups (broad SMARTS) is 1. The van der Waals surface area contributed by atoms with E-state index >= 15 is 0 Å². The number of nitrogens with one attached hydrogen (secondary N) is 1. The molecule has 2 aromatic rings. The number of aromatic nitrogens is 2. The van der Waals surface area contributed by atoms with Crippen molar-refractivity contribution in [2.75, 3.05) is 0 Å². The second-order valence-electron chi connectivity index (χ2n) is 4.44. The van der Waals surface area contributed by atoms with Crippen LogP contribution in [0, 0.1) is 0 Å². The van der Waals surface area contributed by atoms with E-state index in [2.05, 4.69) is 10.2 Å². The van der Waals surface area contributed by atoms with Crippen molar-refractivity contribution in [1.82, 2.24) is 10.2 Å². The minimum atomic E-state index is -1.09. The maximum Gasteiger partial charge on any atom is 0.357 e. The van der Waals surface area contributed by atoms with Crippen molar-refractivity contribution in [3.8, 4) is 11.1 Å². The highest BCUT2D eigenvalue weighted by Crippen LogP contribution is 2.36. The van der Waals surface area contributed by atoms with Gasteiger partial charge in [0.2, 0.25) is 0 Å². The smallest absolute Gasteiger partial charge is 0.357 e. The highest BCUT2D eigenvalue weighted by atomic mass is 35.5. The molecule has 1 heterocycles. The third-order valence-electron chi connectivity index (χ3n) is 2.77. The van der Waals surface area contributed by atoms with Crippen LogP contribution in [-0.4, -0.2) is 21.3 Å². The van der Waals surface area contributed by atoms with Crippen molar-refractivity contribution < 1.29 is 9.90 Å². The van der Waals surface area contributed by atoms with Crippen LogP contribution in [0.15, 0.2) is 18.2 Å². The first-order valence-electron chi connectivity index (χ1n) is 5.68. The molecule has 0 aliphatic carbocycles. The van der Waals surface area contributed by atoms with Gasteiger partial charge in [-0.2, -0.15) is 5.10 Å². The van der Waals surface area contributed by atoms with Crippen molar-refractivity contribution >= 4 is 29.2 Å². The molecule has 2 rings (SSSR count). The zero-order chi connectivity index (χ0) is 14.2. The molecular formula is C13H12Cl2N2O2. The van der Waals surface area contributed by atoms with E-state index in [1.807, 2.05) is 13.8 Å². The maximum absolute atomic E-state index is 11.3.